The molecule has 1 saturated heterocycles. The van der Waals surface area contributed by atoms with Crippen molar-refractivity contribution in [2.24, 2.45) is 0 Å². The van der Waals surface area contributed by atoms with Crippen LogP contribution in [0.1, 0.15) is 12.8 Å². The van der Waals surface area contributed by atoms with Crippen molar-refractivity contribution in [1.29, 1.82) is 0 Å². The molecule has 1 aliphatic carbocycles. The quantitative estimate of drug-likeness (QED) is 0.645. The number of nitrogens with zero attached hydrogens (tertiary/aromatic N) is 2. The van der Waals surface area contributed by atoms with Gasteiger partial charge >= 0.3 is 0 Å². The van der Waals surface area contributed by atoms with Gasteiger partial charge in [0, 0.05) is 32.2 Å². The summed E-state index contributed by atoms with van der Waals surface area (Å²) in [6.45, 7) is 3.92. The normalized spacial score (nSPS) is 24.8. The number of piperazine rings is 1. The highest BCUT2D eigenvalue weighted by Crippen LogP contribution is 2.27. The first kappa shape index (κ1) is 9.34. The maximum absolute atomic E-state index is 11.3. The third-order valence-electron chi connectivity index (χ3n) is 2.87. The van der Waals surface area contributed by atoms with Crippen LogP contribution < -0.4 is 0 Å². The van der Waals surface area contributed by atoms with Gasteiger partial charge in [0.15, 0.2) is 0 Å². The predicted molar refractivity (Wildman–Crippen MR) is 55.0 cm³/mol. The zero-order valence-electron chi connectivity index (χ0n) is 7.78. The summed E-state index contributed by atoms with van der Waals surface area (Å²) in [6.07, 6.45) is 2.72. The summed E-state index contributed by atoms with van der Waals surface area (Å²) in [5.74, 6) is 0.530. The van der Waals surface area contributed by atoms with E-state index in [9.17, 15) is 4.79 Å². The van der Waals surface area contributed by atoms with E-state index < -0.39 is 0 Å². The Labute approximate surface area is 84.5 Å². The molecule has 2 aliphatic rings. The van der Waals surface area contributed by atoms with E-state index in [4.69, 9.17) is 0 Å². The number of rotatable bonds is 2. The summed E-state index contributed by atoms with van der Waals surface area (Å²) in [5, 5.41) is 0. The fourth-order valence-electron chi connectivity index (χ4n) is 1.88. The highest BCUT2D eigenvalue weighted by molar-refractivity contribution is 7.81. The first-order valence-corrected chi connectivity index (χ1v) is 5.57. The van der Waals surface area contributed by atoms with Crippen molar-refractivity contribution in [3.63, 3.8) is 0 Å². The molecule has 13 heavy (non-hydrogen) atoms. The molecule has 1 aliphatic heterocycles. The fourth-order valence-corrected chi connectivity index (χ4v) is 2.08. The van der Waals surface area contributed by atoms with E-state index in [-0.39, 0.29) is 5.91 Å². The Balaban J connectivity index is 1.78. The second-order valence-electron chi connectivity index (χ2n) is 3.81. The summed E-state index contributed by atoms with van der Waals surface area (Å²) in [7, 11) is 0. The number of carbonyl (C=O) groups is 1. The Morgan fingerprint density at radius 1 is 1.23 bits per heavy atom. The van der Waals surface area contributed by atoms with E-state index >= 15 is 0 Å². The topological polar surface area (TPSA) is 23.6 Å². The molecule has 0 unspecified atom stereocenters. The third kappa shape index (κ3) is 2.17. The van der Waals surface area contributed by atoms with Gasteiger partial charge in [-0.05, 0) is 12.8 Å². The van der Waals surface area contributed by atoms with Crippen LogP contribution in [0.15, 0.2) is 0 Å². The summed E-state index contributed by atoms with van der Waals surface area (Å²) in [5.41, 5.74) is 0. The van der Waals surface area contributed by atoms with Crippen molar-refractivity contribution >= 4 is 18.5 Å². The fraction of sp³-hybridized carbons (Fsp3) is 0.889. The highest BCUT2D eigenvalue weighted by atomic mass is 32.1. The Bertz CT molecular complexity index is 198. The maximum Gasteiger partial charge on any atom is 0.232 e. The number of amides is 1. The minimum Gasteiger partial charge on any atom is -0.339 e. The minimum absolute atomic E-state index is 0.179. The smallest absolute Gasteiger partial charge is 0.232 e. The second kappa shape index (κ2) is 3.88. The summed E-state index contributed by atoms with van der Waals surface area (Å²) >= 11 is 4.00. The molecule has 3 nitrogen and oxygen atoms in total. The van der Waals surface area contributed by atoms with Crippen LogP contribution in [0.5, 0.6) is 0 Å². The molecule has 2 fully saturated rings. The van der Waals surface area contributed by atoms with Gasteiger partial charge in [0.1, 0.15) is 0 Å². The van der Waals surface area contributed by atoms with Gasteiger partial charge in [-0.25, -0.2) is 0 Å². The van der Waals surface area contributed by atoms with Crippen molar-refractivity contribution in [3.8, 4) is 0 Å². The number of hydrogen-bond acceptors (Lipinski definition) is 3. The molecule has 0 aromatic heterocycles. The highest BCUT2D eigenvalue weighted by Gasteiger charge is 2.31. The minimum atomic E-state index is 0.179. The molecule has 0 radical (unpaired) electrons. The number of hydrogen-bond donors (Lipinski definition) is 1. The summed E-state index contributed by atoms with van der Waals surface area (Å²) < 4.78 is 0. The predicted octanol–water partition coefficient (Wildman–Crippen LogP) is 0.223. The van der Waals surface area contributed by atoms with E-state index in [1.54, 1.807) is 0 Å². The molecule has 0 spiro atoms. The van der Waals surface area contributed by atoms with Crippen molar-refractivity contribution in [3.05, 3.63) is 0 Å². The van der Waals surface area contributed by atoms with Crippen LogP contribution in [0.3, 0.4) is 0 Å². The molecule has 0 bridgehead atoms. The molecule has 1 amide bonds. The van der Waals surface area contributed by atoms with Crippen LogP contribution in [0.4, 0.5) is 0 Å². The van der Waals surface area contributed by atoms with Crippen LogP contribution in [0.25, 0.3) is 0 Å². The van der Waals surface area contributed by atoms with Gasteiger partial charge in [-0.3, -0.25) is 9.69 Å². The van der Waals surface area contributed by atoms with E-state index in [1.165, 1.54) is 12.8 Å². The lowest BCUT2D eigenvalue weighted by Crippen LogP contribution is -2.49. The van der Waals surface area contributed by atoms with Crippen LogP contribution in [0.2, 0.25) is 0 Å². The van der Waals surface area contributed by atoms with Gasteiger partial charge in [0.05, 0.1) is 5.75 Å². The van der Waals surface area contributed by atoms with Crippen molar-refractivity contribution in [1.82, 2.24) is 9.80 Å². The van der Waals surface area contributed by atoms with Gasteiger partial charge < -0.3 is 4.90 Å². The van der Waals surface area contributed by atoms with Gasteiger partial charge in [0.2, 0.25) is 5.91 Å². The van der Waals surface area contributed by atoms with Gasteiger partial charge in [-0.1, -0.05) is 0 Å². The number of carbonyl (C=O) groups excluding carboxylic acids is 1. The second-order valence-corrected chi connectivity index (χ2v) is 4.12. The van der Waals surface area contributed by atoms with E-state index in [0.717, 1.165) is 32.2 Å². The molecule has 1 saturated carbocycles. The zero-order valence-corrected chi connectivity index (χ0v) is 8.67. The molecule has 2 rings (SSSR count). The lowest BCUT2D eigenvalue weighted by atomic mass is 10.3. The monoisotopic (exact) mass is 200 g/mol. The van der Waals surface area contributed by atoms with Crippen molar-refractivity contribution < 1.29 is 4.79 Å². The number of thiol groups is 1. The average Bonchev–Trinajstić information content (AvgIpc) is 3.00. The molecule has 1 heterocycles. The molecule has 4 heteroatoms. The van der Waals surface area contributed by atoms with Gasteiger partial charge in [-0.15, -0.1) is 0 Å². The molecule has 0 aromatic rings. The Kier molecular flexibility index (Phi) is 2.79. The van der Waals surface area contributed by atoms with Crippen LogP contribution in [-0.4, -0.2) is 53.7 Å². The Morgan fingerprint density at radius 2 is 1.85 bits per heavy atom. The van der Waals surface area contributed by atoms with Crippen LogP contribution >= 0.6 is 12.6 Å². The Morgan fingerprint density at radius 3 is 2.31 bits per heavy atom. The maximum atomic E-state index is 11.3. The third-order valence-corrected chi connectivity index (χ3v) is 3.14. The summed E-state index contributed by atoms with van der Waals surface area (Å²) in [6, 6.07) is 0.841. The first-order chi connectivity index (χ1) is 6.31. The zero-order chi connectivity index (χ0) is 9.26. The molecular formula is C9H16N2OS. The van der Waals surface area contributed by atoms with Gasteiger partial charge in [0.25, 0.3) is 0 Å². The van der Waals surface area contributed by atoms with E-state index in [2.05, 4.69) is 17.5 Å². The average molecular weight is 200 g/mol. The lowest BCUT2D eigenvalue weighted by molar-refractivity contribution is -0.130. The molecule has 74 valence electrons. The standard InChI is InChI=1S/C9H16N2OS/c12-9(7-13)11-5-3-10(4-6-11)8-1-2-8/h8,13H,1-7H2. The Hall–Kier alpha value is -0.220. The van der Waals surface area contributed by atoms with E-state index in [0.29, 0.717) is 5.75 Å². The molecule has 0 aromatic carbocycles. The van der Waals surface area contributed by atoms with Gasteiger partial charge in [-0.2, -0.15) is 12.6 Å². The van der Waals surface area contributed by atoms with E-state index in [1.807, 2.05) is 4.90 Å². The van der Waals surface area contributed by atoms with Crippen LogP contribution in [-0.2, 0) is 4.79 Å². The van der Waals surface area contributed by atoms with Crippen LogP contribution in [0, 0.1) is 0 Å². The van der Waals surface area contributed by atoms with Crippen molar-refractivity contribution in [2.75, 3.05) is 31.9 Å². The molecule has 0 atom stereocenters. The lowest BCUT2D eigenvalue weighted by Gasteiger charge is -2.34. The van der Waals surface area contributed by atoms with Crippen molar-refractivity contribution in [2.45, 2.75) is 18.9 Å². The molecule has 0 N–H and O–H groups in total. The molecular weight excluding hydrogens is 184 g/mol. The SMILES string of the molecule is O=C(CS)N1CCN(C2CC2)CC1. The summed E-state index contributed by atoms with van der Waals surface area (Å²) in [4.78, 5) is 15.7. The first-order valence-electron chi connectivity index (χ1n) is 4.94. The largest absolute Gasteiger partial charge is 0.339 e.